The first-order valence-corrected chi connectivity index (χ1v) is 11.6. The summed E-state index contributed by atoms with van der Waals surface area (Å²) in [5, 5.41) is 11.0. The number of benzene rings is 2. The topological polar surface area (TPSA) is 96.3 Å². The van der Waals surface area contributed by atoms with Crippen molar-refractivity contribution in [2.45, 2.75) is 32.6 Å². The van der Waals surface area contributed by atoms with Crippen molar-refractivity contribution in [1.29, 1.82) is 0 Å². The molecule has 32 heavy (non-hydrogen) atoms. The van der Waals surface area contributed by atoms with Gasteiger partial charge in [-0.3, -0.25) is 9.59 Å². The Kier molecular flexibility index (Phi) is 7.01. The van der Waals surface area contributed by atoms with Crippen LogP contribution in [0.1, 0.15) is 43.2 Å². The van der Waals surface area contributed by atoms with E-state index in [1.807, 2.05) is 24.3 Å². The van der Waals surface area contributed by atoms with Gasteiger partial charge >= 0.3 is 0 Å². The number of carbonyl (C=O) groups is 2. The molecule has 0 saturated heterocycles. The zero-order chi connectivity index (χ0) is 22.3. The van der Waals surface area contributed by atoms with Gasteiger partial charge in [0.2, 0.25) is 5.91 Å². The zero-order valence-electron chi connectivity index (χ0n) is 17.9. The number of nitrogens with one attached hydrogen (secondary N) is 3. The number of hydrogen-bond acceptors (Lipinski definition) is 6. The summed E-state index contributed by atoms with van der Waals surface area (Å²) in [7, 11) is 0. The average molecular weight is 451 g/mol. The van der Waals surface area contributed by atoms with Gasteiger partial charge in [0.1, 0.15) is 11.4 Å². The van der Waals surface area contributed by atoms with Gasteiger partial charge in [-0.1, -0.05) is 25.5 Å². The minimum Gasteiger partial charge on any atom is -0.451 e. The Balaban J connectivity index is 1.26. The fraction of sp³-hybridized carbons (Fsp3) is 0.292. The zero-order valence-corrected chi connectivity index (χ0v) is 18.8. The van der Waals surface area contributed by atoms with E-state index in [9.17, 15) is 9.59 Å². The van der Waals surface area contributed by atoms with E-state index in [2.05, 4.69) is 33.3 Å². The Hall–Kier alpha value is -3.39. The predicted octanol–water partition coefficient (Wildman–Crippen LogP) is 5.40. The first-order chi connectivity index (χ1) is 15.6. The highest BCUT2D eigenvalue weighted by atomic mass is 32.1. The van der Waals surface area contributed by atoms with Crippen LogP contribution in [0.4, 0.5) is 11.5 Å². The quantitative estimate of drug-likeness (QED) is 0.281. The molecule has 7 nitrogen and oxygen atoms in total. The van der Waals surface area contributed by atoms with Crippen molar-refractivity contribution in [2.24, 2.45) is 0 Å². The second-order valence-corrected chi connectivity index (χ2v) is 8.38. The van der Waals surface area contributed by atoms with Crippen LogP contribution in [0.2, 0.25) is 0 Å². The number of anilines is 2. The molecule has 4 rings (SSSR count). The lowest BCUT2D eigenvalue weighted by Gasteiger charge is -2.05. The van der Waals surface area contributed by atoms with Crippen molar-refractivity contribution in [3.05, 3.63) is 54.3 Å². The monoisotopic (exact) mass is 450 g/mol. The van der Waals surface area contributed by atoms with Crippen LogP contribution in [0, 0.1) is 0 Å². The van der Waals surface area contributed by atoms with Gasteiger partial charge in [-0.25, -0.2) is 0 Å². The lowest BCUT2D eigenvalue weighted by Crippen LogP contribution is -2.25. The lowest BCUT2D eigenvalue weighted by molar-refractivity contribution is -0.116. The summed E-state index contributed by atoms with van der Waals surface area (Å²) in [5.41, 5.74) is 1.31. The lowest BCUT2D eigenvalue weighted by atomic mass is 10.2. The Morgan fingerprint density at radius 2 is 1.94 bits per heavy atom. The number of carbonyl (C=O) groups excluding carboxylic acids is 2. The molecule has 0 radical (unpaired) electrons. The predicted molar refractivity (Wildman–Crippen MR) is 129 cm³/mol. The summed E-state index contributed by atoms with van der Waals surface area (Å²) >= 11 is 1.47. The number of hydrogen-bond donors (Lipinski definition) is 3. The Morgan fingerprint density at radius 3 is 2.81 bits per heavy atom. The smallest absolute Gasteiger partial charge is 0.287 e. The van der Waals surface area contributed by atoms with E-state index in [1.54, 1.807) is 18.2 Å². The number of aromatic nitrogens is 1. The number of furan rings is 1. The van der Waals surface area contributed by atoms with E-state index in [1.165, 1.54) is 11.5 Å². The summed E-state index contributed by atoms with van der Waals surface area (Å²) in [5.74, 6) is 0.875. The first-order valence-electron chi connectivity index (χ1n) is 10.8. The summed E-state index contributed by atoms with van der Waals surface area (Å²) in [6.45, 7) is 3.27. The minimum absolute atomic E-state index is 0.00748. The molecular weight excluding hydrogens is 424 g/mol. The van der Waals surface area contributed by atoms with Crippen molar-refractivity contribution in [3.63, 3.8) is 0 Å². The third kappa shape index (κ3) is 5.26. The van der Waals surface area contributed by atoms with Crippen molar-refractivity contribution in [3.8, 4) is 0 Å². The molecule has 0 atom stereocenters. The van der Waals surface area contributed by atoms with E-state index >= 15 is 0 Å². The second-order valence-electron chi connectivity index (χ2n) is 7.58. The Morgan fingerprint density at radius 1 is 1.06 bits per heavy atom. The van der Waals surface area contributed by atoms with Crippen LogP contribution in [0.15, 0.2) is 52.9 Å². The molecule has 0 saturated carbocycles. The minimum atomic E-state index is -0.256. The van der Waals surface area contributed by atoms with Crippen molar-refractivity contribution in [2.75, 3.05) is 23.7 Å². The van der Waals surface area contributed by atoms with Crippen LogP contribution >= 0.6 is 11.5 Å². The molecule has 4 aromatic rings. The summed E-state index contributed by atoms with van der Waals surface area (Å²) in [6, 6.07) is 15.2. The van der Waals surface area contributed by atoms with Gasteiger partial charge in [0, 0.05) is 36.0 Å². The highest BCUT2D eigenvalue weighted by molar-refractivity contribution is 7.13. The molecule has 0 fully saturated rings. The molecule has 3 N–H and O–H groups in total. The summed E-state index contributed by atoms with van der Waals surface area (Å²) < 4.78 is 11.3. The SMILES string of the molecule is CCCCC(=O)Nc1ccc2oc(C(=O)NCCCNc3nsc4ccccc34)cc2c1. The molecule has 0 bridgehead atoms. The van der Waals surface area contributed by atoms with Crippen LogP contribution in [0.25, 0.3) is 21.1 Å². The van der Waals surface area contributed by atoms with Gasteiger partial charge in [-0.15, -0.1) is 0 Å². The van der Waals surface area contributed by atoms with E-state index in [-0.39, 0.29) is 17.6 Å². The molecule has 166 valence electrons. The number of unbranched alkanes of at least 4 members (excludes halogenated alkanes) is 1. The Bertz CT molecular complexity index is 1230. The van der Waals surface area contributed by atoms with Crippen molar-refractivity contribution >= 4 is 55.9 Å². The molecule has 0 aliphatic heterocycles. The molecule has 0 aliphatic carbocycles. The van der Waals surface area contributed by atoms with Gasteiger partial charge < -0.3 is 20.4 Å². The van der Waals surface area contributed by atoms with Crippen molar-refractivity contribution in [1.82, 2.24) is 9.69 Å². The largest absolute Gasteiger partial charge is 0.451 e. The number of fused-ring (bicyclic) bond motifs is 2. The summed E-state index contributed by atoms with van der Waals surface area (Å²) in [6.07, 6.45) is 3.09. The maximum Gasteiger partial charge on any atom is 0.287 e. The molecule has 2 amide bonds. The normalized spacial score (nSPS) is 11.0. The standard InChI is InChI=1S/C24H26N4O3S/c1-2-3-9-22(29)27-17-10-11-19-16(14-17)15-20(31-19)24(30)26-13-6-12-25-23-18-7-4-5-8-21(18)32-28-23/h4-5,7-8,10-11,14-15H,2-3,6,9,12-13H2,1H3,(H,25,28)(H,26,30)(H,27,29). The maximum atomic E-state index is 12.5. The fourth-order valence-electron chi connectivity index (χ4n) is 3.39. The van der Waals surface area contributed by atoms with E-state index in [0.29, 0.717) is 30.8 Å². The van der Waals surface area contributed by atoms with Gasteiger partial charge in [-0.05, 0) is 60.8 Å². The third-order valence-electron chi connectivity index (χ3n) is 5.09. The average Bonchev–Trinajstić information content (AvgIpc) is 3.41. The molecule has 2 aromatic carbocycles. The van der Waals surface area contributed by atoms with Gasteiger partial charge in [-0.2, -0.15) is 4.37 Å². The van der Waals surface area contributed by atoms with Crippen LogP contribution in [-0.4, -0.2) is 29.3 Å². The van der Waals surface area contributed by atoms with Crippen LogP contribution in [-0.2, 0) is 4.79 Å². The molecule has 8 heteroatoms. The highest BCUT2D eigenvalue weighted by Gasteiger charge is 2.13. The Labute approximate surface area is 190 Å². The molecule has 0 aliphatic rings. The molecule has 2 heterocycles. The fourth-order valence-corrected chi connectivity index (χ4v) is 4.15. The van der Waals surface area contributed by atoms with Gasteiger partial charge in [0.15, 0.2) is 5.76 Å². The first kappa shape index (κ1) is 21.8. The highest BCUT2D eigenvalue weighted by Crippen LogP contribution is 2.26. The number of rotatable bonds is 10. The van der Waals surface area contributed by atoms with Crippen LogP contribution in [0.3, 0.4) is 0 Å². The third-order valence-corrected chi connectivity index (χ3v) is 5.92. The maximum absolute atomic E-state index is 12.5. The molecule has 2 aromatic heterocycles. The number of nitrogens with zero attached hydrogens (tertiary/aromatic N) is 1. The van der Waals surface area contributed by atoms with Gasteiger partial charge in [0.05, 0.1) is 4.70 Å². The van der Waals surface area contributed by atoms with Crippen molar-refractivity contribution < 1.29 is 14.0 Å². The molecular formula is C24H26N4O3S. The van der Waals surface area contributed by atoms with E-state index in [0.717, 1.165) is 40.6 Å². The molecule has 0 unspecified atom stereocenters. The number of amides is 2. The molecule has 0 spiro atoms. The van der Waals surface area contributed by atoms with E-state index < -0.39 is 0 Å². The van der Waals surface area contributed by atoms with E-state index in [4.69, 9.17) is 4.42 Å². The van der Waals surface area contributed by atoms with Gasteiger partial charge in [0.25, 0.3) is 5.91 Å². The van der Waals surface area contributed by atoms with Crippen LogP contribution in [0.5, 0.6) is 0 Å². The summed E-state index contributed by atoms with van der Waals surface area (Å²) in [4.78, 5) is 24.4. The van der Waals surface area contributed by atoms with Crippen LogP contribution < -0.4 is 16.0 Å². The second kappa shape index (κ2) is 10.3.